The van der Waals surface area contributed by atoms with E-state index in [4.69, 9.17) is 11.6 Å². The Bertz CT molecular complexity index is 1210. The fourth-order valence-electron chi connectivity index (χ4n) is 5.11. The summed E-state index contributed by atoms with van der Waals surface area (Å²) in [6.45, 7) is -0.337. The van der Waals surface area contributed by atoms with Gasteiger partial charge in [0.05, 0.1) is 12.2 Å². The Labute approximate surface area is 221 Å². The Balaban J connectivity index is 1.54. The van der Waals surface area contributed by atoms with Crippen molar-refractivity contribution in [2.24, 2.45) is 5.92 Å². The van der Waals surface area contributed by atoms with E-state index in [1.807, 2.05) is 0 Å². The average molecular weight is 559 g/mol. The highest BCUT2D eigenvalue weighted by atomic mass is 35.5. The van der Waals surface area contributed by atoms with Crippen LogP contribution in [0.5, 0.6) is 5.75 Å². The van der Waals surface area contributed by atoms with Crippen LogP contribution in [0.3, 0.4) is 0 Å². The Morgan fingerprint density at radius 2 is 1.37 bits per heavy atom. The zero-order valence-electron chi connectivity index (χ0n) is 20.4. The molecule has 3 aromatic rings. The lowest BCUT2D eigenvalue weighted by Gasteiger charge is -2.29. The molecule has 0 unspecified atom stereocenters. The lowest BCUT2D eigenvalue weighted by Crippen LogP contribution is -2.25. The van der Waals surface area contributed by atoms with E-state index in [-0.39, 0.29) is 23.4 Å². The van der Waals surface area contributed by atoms with Gasteiger partial charge in [-0.05, 0) is 104 Å². The minimum absolute atomic E-state index is 0.0787. The Morgan fingerprint density at radius 1 is 0.789 bits per heavy atom. The Morgan fingerprint density at radius 3 is 1.92 bits per heavy atom. The first-order valence-electron chi connectivity index (χ1n) is 12.5. The van der Waals surface area contributed by atoms with Crippen LogP contribution in [0, 0.1) is 29.2 Å². The van der Waals surface area contributed by atoms with E-state index >= 15 is 8.78 Å². The first-order chi connectivity index (χ1) is 18.1. The summed E-state index contributed by atoms with van der Waals surface area (Å²) in [5.74, 6) is -5.52. The van der Waals surface area contributed by atoms with Gasteiger partial charge in [-0.2, -0.15) is 8.78 Å². The van der Waals surface area contributed by atoms with Gasteiger partial charge in [0.1, 0.15) is 34.6 Å². The molecule has 0 aliphatic heterocycles. The summed E-state index contributed by atoms with van der Waals surface area (Å²) in [4.78, 5) is 0. The molecule has 0 saturated heterocycles. The van der Waals surface area contributed by atoms with Crippen LogP contribution in [0.4, 0.5) is 30.7 Å². The van der Waals surface area contributed by atoms with Gasteiger partial charge in [0.2, 0.25) is 0 Å². The van der Waals surface area contributed by atoms with E-state index in [0.717, 1.165) is 62.8 Å². The van der Waals surface area contributed by atoms with Gasteiger partial charge in [-0.3, -0.25) is 4.39 Å². The van der Waals surface area contributed by atoms with Gasteiger partial charge in [0.25, 0.3) is 0 Å². The lowest BCUT2D eigenvalue weighted by atomic mass is 9.77. The molecule has 4 rings (SSSR count). The van der Waals surface area contributed by atoms with Crippen molar-refractivity contribution < 1.29 is 35.5 Å². The number of ether oxygens (including phenoxy) is 1. The third kappa shape index (κ3) is 6.45. The van der Waals surface area contributed by atoms with Crippen LogP contribution >= 0.6 is 11.6 Å². The van der Waals surface area contributed by atoms with E-state index in [1.54, 1.807) is 0 Å². The second-order valence-corrected chi connectivity index (χ2v) is 10.1. The van der Waals surface area contributed by atoms with Gasteiger partial charge < -0.3 is 4.74 Å². The van der Waals surface area contributed by atoms with E-state index in [9.17, 15) is 22.0 Å². The third-order valence-electron chi connectivity index (χ3n) is 7.06. The highest BCUT2D eigenvalue weighted by molar-refractivity contribution is 6.30. The van der Waals surface area contributed by atoms with Crippen LogP contribution in [-0.2, 0) is 6.11 Å². The molecule has 204 valence electrons. The molecule has 0 N–H and O–H groups in total. The van der Waals surface area contributed by atoms with E-state index < -0.39 is 46.1 Å². The van der Waals surface area contributed by atoms with Crippen molar-refractivity contribution in [1.82, 2.24) is 0 Å². The van der Waals surface area contributed by atoms with E-state index in [0.29, 0.717) is 30.0 Å². The first-order valence-corrected chi connectivity index (χ1v) is 12.8. The maximum Gasteiger partial charge on any atom is 0.432 e. The molecule has 0 bridgehead atoms. The summed E-state index contributed by atoms with van der Waals surface area (Å²) in [5, 5.41) is 0.246. The van der Waals surface area contributed by atoms with Crippen molar-refractivity contribution in [1.29, 1.82) is 0 Å². The number of hydrogen-bond donors (Lipinski definition) is 0. The number of alkyl halides is 3. The largest absolute Gasteiger partial charge is 0.432 e. The van der Waals surface area contributed by atoms with Gasteiger partial charge in [-0.1, -0.05) is 24.4 Å². The average Bonchev–Trinajstić information content (AvgIpc) is 2.85. The summed E-state index contributed by atoms with van der Waals surface area (Å²) in [7, 11) is 0. The van der Waals surface area contributed by atoms with Crippen molar-refractivity contribution in [3.63, 3.8) is 0 Å². The van der Waals surface area contributed by atoms with Crippen molar-refractivity contribution in [3.05, 3.63) is 87.9 Å². The maximum absolute atomic E-state index is 15.0. The zero-order valence-corrected chi connectivity index (χ0v) is 21.1. The maximum atomic E-state index is 15.0. The highest BCUT2D eigenvalue weighted by Crippen LogP contribution is 2.41. The summed E-state index contributed by atoms with van der Waals surface area (Å²) in [5.41, 5.74) is -2.51. The van der Waals surface area contributed by atoms with Gasteiger partial charge in [0.15, 0.2) is 0 Å². The molecule has 0 amide bonds. The van der Waals surface area contributed by atoms with Crippen LogP contribution < -0.4 is 4.74 Å². The second kappa shape index (κ2) is 12.0. The molecule has 3 aromatic carbocycles. The second-order valence-electron chi connectivity index (χ2n) is 9.65. The number of rotatable bonds is 9. The van der Waals surface area contributed by atoms with Gasteiger partial charge in [-0.25, -0.2) is 17.6 Å². The predicted molar refractivity (Wildman–Crippen MR) is 132 cm³/mol. The van der Waals surface area contributed by atoms with Gasteiger partial charge >= 0.3 is 6.11 Å². The van der Waals surface area contributed by atoms with Gasteiger partial charge in [0, 0.05) is 5.02 Å². The quantitative estimate of drug-likeness (QED) is 0.187. The minimum Gasteiger partial charge on any atom is -0.429 e. The van der Waals surface area contributed by atoms with Crippen LogP contribution in [0.1, 0.15) is 62.0 Å². The third-order valence-corrected chi connectivity index (χ3v) is 7.31. The lowest BCUT2D eigenvalue weighted by molar-refractivity contribution is -0.189. The molecule has 0 heterocycles. The van der Waals surface area contributed by atoms with Gasteiger partial charge in [-0.15, -0.1) is 0 Å². The van der Waals surface area contributed by atoms with Crippen LogP contribution in [0.15, 0.2) is 48.5 Å². The van der Waals surface area contributed by atoms with Crippen molar-refractivity contribution in [3.8, 4) is 16.9 Å². The molecule has 1 nitrogen and oxygen atoms in total. The molecule has 0 spiro atoms. The predicted octanol–water partition coefficient (Wildman–Crippen LogP) is 10.1. The fourth-order valence-corrected chi connectivity index (χ4v) is 5.24. The minimum atomic E-state index is -4.41. The molecule has 0 radical (unpaired) electrons. The molecule has 1 aliphatic carbocycles. The highest BCUT2D eigenvalue weighted by Gasteiger charge is 2.41. The first kappa shape index (κ1) is 28.3. The molecule has 1 aliphatic rings. The summed E-state index contributed by atoms with van der Waals surface area (Å²) >= 11 is 5.70. The van der Waals surface area contributed by atoms with Crippen LogP contribution in [0.2, 0.25) is 5.02 Å². The smallest absolute Gasteiger partial charge is 0.429 e. The number of benzene rings is 3. The van der Waals surface area contributed by atoms with Crippen LogP contribution in [0.25, 0.3) is 11.1 Å². The Kier molecular flexibility index (Phi) is 8.91. The molecule has 1 saturated carbocycles. The number of halogens is 8. The zero-order chi connectivity index (χ0) is 27.4. The fraction of sp³-hybridized carbons (Fsp3) is 0.379. The number of unbranched alkanes of at least 4 members (excludes halogenated alkanes) is 1. The molecular formula is C29H26ClF7O. The molecule has 0 aromatic heterocycles. The molecule has 1 fully saturated rings. The van der Waals surface area contributed by atoms with E-state index in [1.165, 1.54) is 12.1 Å². The van der Waals surface area contributed by atoms with Crippen molar-refractivity contribution >= 4 is 11.6 Å². The standard InChI is InChI=1S/C29H26ClF7O/c30-21-8-10-22(11-9-21)38-29(36,37)28-25(34)15-20(16-26(28)35)27-23(32)13-19(14-24(27)33)18-6-4-17(5-7-18)3-1-2-12-31/h8-11,13-18H,1-7,12H2. The molecule has 9 heteroatoms. The molecular weight excluding hydrogens is 533 g/mol. The molecule has 38 heavy (non-hydrogen) atoms. The van der Waals surface area contributed by atoms with E-state index in [2.05, 4.69) is 4.74 Å². The topological polar surface area (TPSA) is 9.23 Å². The number of hydrogen-bond acceptors (Lipinski definition) is 1. The normalized spacial score (nSPS) is 18.0. The monoisotopic (exact) mass is 558 g/mol. The molecule has 0 atom stereocenters. The summed E-state index contributed by atoms with van der Waals surface area (Å²) < 4.78 is 106. The van der Waals surface area contributed by atoms with Crippen molar-refractivity contribution in [2.75, 3.05) is 6.67 Å². The van der Waals surface area contributed by atoms with Crippen LogP contribution in [-0.4, -0.2) is 6.67 Å². The Hall–Kier alpha value is -2.74. The SMILES string of the molecule is FCCCCC1CCC(c2cc(F)c(-c3cc(F)c(C(F)(F)Oc4ccc(Cl)cc4)c(F)c3)c(F)c2)CC1. The summed E-state index contributed by atoms with van der Waals surface area (Å²) in [6.07, 6.45) is 1.04. The summed E-state index contributed by atoms with van der Waals surface area (Å²) in [6, 6.07) is 7.92. The van der Waals surface area contributed by atoms with Crippen molar-refractivity contribution in [2.45, 2.75) is 57.0 Å².